The molecular formula is C17H13FN2O2. The number of carbonyl (C=O) groups is 1. The number of halogens is 1. The van der Waals surface area contributed by atoms with E-state index in [0.717, 1.165) is 0 Å². The van der Waals surface area contributed by atoms with Gasteiger partial charge >= 0.3 is 0 Å². The lowest BCUT2D eigenvalue weighted by Gasteiger charge is -2.09. The highest BCUT2D eigenvalue weighted by Crippen LogP contribution is 2.23. The van der Waals surface area contributed by atoms with Crippen LogP contribution in [0.3, 0.4) is 0 Å². The largest absolute Gasteiger partial charge is 0.495 e. The molecule has 1 amide bonds. The molecular weight excluding hydrogens is 283 g/mol. The van der Waals surface area contributed by atoms with Gasteiger partial charge in [0, 0.05) is 0 Å². The van der Waals surface area contributed by atoms with Crippen LogP contribution in [0.15, 0.2) is 54.1 Å². The molecule has 4 nitrogen and oxygen atoms in total. The molecule has 0 atom stereocenters. The molecule has 0 aromatic heterocycles. The number of amides is 1. The molecule has 22 heavy (non-hydrogen) atoms. The van der Waals surface area contributed by atoms with Gasteiger partial charge in [-0.15, -0.1) is 0 Å². The average Bonchev–Trinajstić information content (AvgIpc) is 2.54. The molecule has 0 spiro atoms. The lowest BCUT2D eigenvalue weighted by molar-refractivity contribution is -0.112. The smallest absolute Gasteiger partial charge is 0.266 e. The van der Waals surface area contributed by atoms with Crippen LogP contribution in [0.5, 0.6) is 5.75 Å². The summed E-state index contributed by atoms with van der Waals surface area (Å²) in [5, 5.41) is 11.7. The summed E-state index contributed by atoms with van der Waals surface area (Å²) in [6, 6.07) is 14.2. The second kappa shape index (κ2) is 7.04. The number of para-hydroxylation sites is 2. The number of nitrogens with one attached hydrogen (secondary N) is 1. The first kappa shape index (κ1) is 15.3. The van der Waals surface area contributed by atoms with Crippen molar-refractivity contribution in [1.29, 1.82) is 5.26 Å². The third kappa shape index (κ3) is 3.70. The van der Waals surface area contributed by atoms with Crippen molar-refractivity contribution in [3.05, 3.63) is 65.5 Å². The fourth-order valence-electron chi connectivity index (χ4n) is 1.81. The van der Waals surface area contributed by atoms with Crippen molar-refractivity contribution in [2.45, 2.75) is 0 Å². The maximum Gasteiger partial charge on any atom is 0.266 e. The van der Waals surface area contributed by atoms with E-state index in [0.29, 0.717) is 17.0 Å². The summed E-state index contributed by atoms with van der Waals surface area (Å²) in [4.78, 5) is 12.2. The minimum atomic E-state index is -0.559. The van der Waals surface area contributed by atoms with Gasteiger partial charge in [0.1, 0.15) is 23.2 Å². The Balaban J connectivity index is 2.22. The maximum absolute atomic E-state index is 12.9. The normalized spacial score (nSPS) is 10.7. The number of benzene rings is 2. The number of carbonyl (C=O) groups excluding carboxylic acids is 1. The molecule has 0 bridgehead atoms. The Kier molecular flexibility index (Phi) is 4.89. The van der Waals surface area contributed by atoms with Crippen molar-refractivity contribution in [3.8, 4) is 11.8 Å². The number of anilines is 1. The van der Waals surface area contributed by atoms with Gasteiger partial charge < -0.3 is 10.1 Å². The second-order valence-electron chi connectivity index (χ2n) is 4.38. The molecule has 2 aromatic carbocycles. The zero-order valence-electron chi connectivity index (χ0n) is 11.8. The van der Waals surface area contributed by atoms with Crippen molar-refractivity contribution in [2.75, 3.05) is 12.4 Å². The molecule has 5 heteroatoms. The molecule has 0 saturated heterocycles. The number of methoxy groups -OCH3 is 1. The fraction of sp³-hybridized carbons (Fsp3) is 0.0588. The van der Waals surface area contributed by atoms with Gasteiger partial charge in [-0.25, -0.2) is 4.39 Å². The van der Waals surface area contributed by atoms with Crippen LogP contribution in [0.4, 0.5) is 10.1 Å². The Morgan fingerprint density at radius 3 is 2.55 bits per heavy atom. The van der Waals surface area contributed by atoms with Crippen LogP contribution >= 0.6 is 0 Å². The first-order chi connectivity index (χ1) is 10.6. The van der Waals surface area contributed by atoms with Gasteiger partial charge in [-0.3, -0.25) is 4.79 Å². The quantitative estimate of drug-likeness (QED) is 0.695. The molecule has 0 aliphatic carbocycles. The molecule has 0 fully saturated rings. The van der Waals surface area contributed by atoms with E-state index in [1.165, 1.54) is 37.5 Å². The third-order valence-corrected chi connectivity index (χ3v) is 2.90. The summed E-state index contributed by atoms with van der Waals surface area (Å²) in [7, 11) is 1.49. The van der Waals surface area contributed by atoms with Crippen molar-refractivity contribution in [3.63, 3.8) is 0 Å². The van der Waals surface area contributed by atoms with E-state index >= 15 is 0 Å². The lowest BCUT2D eigenvalue weighted by Crippen LogP contribution is -2.14. The monoisotopic (exact) mass is 296 g/mol. The number of hydrogen-bond acceptors (Lipinski definition) is 3. The molecule has 0 saturated carbocycles. The van der Waals surface area contributed by atoms with E-state index in [9.17, 15) is 9.18 Å². The zero-order valence-corrected chi connectivity index (χ0v) is 11.8. The maximum atomic E-state index is 12.9. The topological polar surface area (TPSA) is 62.1 Å². The van der Waals surface area contributed by atoms with Gasteiger partial charge in [-0.1, -0.05) is 24.3 Å². The molecule has 0 heterocycles. The molecule has 0 aliphatic rings. The minimum Gasteiger partial charge on any atom is -0.495 e. The van der Waals surface area contributed by atoms with Gasteiger partial charge in [-0.2, -0.15) is 5.26 Å². The molecule has 0 unspecified atom stereocenters. The fourth-order valence-corrected chi connectivity index (χ4v) is 1.81. The third-order valence-electron chi connectivity index (χ3n) is 2.90. The minimum absolute atomic E-state index is 0.0856. The predicted octanol–water partition coefficient (Wildman–Crippen LogP) is 3.38. The standard InChI is InChI=1S/C17H13FN2O2/c1-22-16-5-3-2-4-15(16)20-17(21)13(11-19)10-12-6-8-14(18)9-7-12/h2-10H,1H3,(H,20,21)/b13-10+. The number of nitriles is 1. The molecule has 0 aliphatic heterocycles. The van der Waals surface area contributed by atoms with Crippen LogP contribution in [0.2, 0.25) is 0 Å². The Hall–Kier alpha value is -3.13. The Morgan fingerprint density at radius 1 is 1.23 bits per heavy atom. The van der Waals surface area contributed by atoms with Crippen LogP contribution in [0.25, 0.3) is 6.08 Å². The SMILES string of the molecule is COc1ccccc1NC(=O)/C(C#N)=C/c1ccc(F)cc1. The number of rotatable bonds is 4. The highest BCUT2D eigenvalue weighted by atomic mass is 19.1. The van der Waals surface area contributed by atoms with Crippen molar-refractivity contribution in [2.24, 2.45) is 0 Å². The summed E-state index contributed by atoms with van der Waals surface area (Å²) in [6.45, 7) is 0. The first-order valence-electron chi connectivity index (χ1n) is 6.46. The van der Waals surface area contributed by atoms with Crippen LogP contribution in [-0.2, 0) is 4.79 Å². The van der Waals surface area contributed by atoms with E-state index in [1.807, 2.05) is 6.07 Å². The average molecular weight is 296 g/mol. The molecule has 1 N–H and O–H groups in total. The number of ether oxygens (including phenoxy) is 1. The molecule has 2 rings (SSSR count). The summed E-state index contributed by atoms with van der Waals surface area (Å²) < 4.78 is 18.0. The van der Waals surface area contributed by atoms with Crippen molar-refractivity contribution in [1.82, 2.24) is 0 Å². The summed E-state index contributed by atoms with van der Waals surface area (Å²) in [5.41, 5.74) is 0.945. The van der Waals surface area contributed by atoms with E-state index in [4.69, 9.17) is 10.00 Å². The van der Waals surface area contributed by atoms with Crippen molar-refractivity contribution >= 4 is 17.7 Å². The van der Waals surface area contributed by atoms with E-state index in [1.54, 1.807) is 24.3 Å². The Bertz CT molecular complexity index is 746. The van der Waals surface area contributed by atoms with Gasteiger partial charge in [0.05, 0.1) is 12.8 Å². The van der Waals surface area contributed by atoms with Crippen LogP contribution in [-0.4, -0.2) is 13.0 Å². The molecule has 0 radical (unpaired) electrons. The second-order valence-corrected chi connectivity index (χ2v) is 4.38. The number of nitrogens with zero attached hydrogens (tertiary/aromatic N) is 1. The summed E-state index contributed by atoms with van der Waals surface area (Å²) in [6.07, 6.45) is 1.39. The highest BCUT2D eigenvalue weighted by Gasteiger charge is 2.12. The Morgan fingerprint density at radius 2 is 1.91 bits per heavy atom. The van der Waals surface area contributed by atoms with Gasteiger partial charge in [0.25, 0.3) is 5.91 Å². The van der Waals surface area contributed by atoms with E-state index in [2.05, 4.69) is 5.32 Å². The lowest BCUT2D eigenvalue weighted by atomic mass is 10.1. The molecule has 2 aromatic rings. The number of hydrogen-bond donors (Lipinski definition) is 1. The highest BCUT2D eigenvalue weighted by molar-refractivity contribution is 6.10. The summed E-state index contributed by atoms with van der Waals surface area (Å²) >= 11 is 0. The van der Waals surface area contributed by atoms with Gasteiger partial charge in [0.15, 0.2) is 0 Å². The van der Waals surface area contributed by atoms with Crippen LogP contribution in [0.1, 0.15) is 5.56 Å². The Labute approximate surface area is 127 Å². The van der Waals surface area contributed by atoms with Gasteiger partial charge in [-0.05, 0) is 35.9 Å². The zero-order chi connectivity index (χ0) is 15.9. The van der Waals surface area contributed by atoms with Crippen molar-refractivity contribution < 1.29 is 13.9 Å². The summed E-state index contributed by atoms with van der Waals surface area (Å²) in [5.74, 6) is -0.444. The van der Waals surface area contributed by atoms with Crippen LogP contribution in [0, 0.1) is 17.1 Å². The van der Waals surface area contributed by atoms with E-state index in [-0.39, 0.29) is 11.4 Å². The van der Waals surface area contributed by atoms with Gasteiger partial charge in [0.2, 0.25) is 0 Å². The molecule has 110 valence electrons. The predicted molar refractivity (Wildman–Crippen MR) is 81.6 cm³/mol. The van der Waals surface area contributed by atoms with Crippen LogP contribution < -0.4 is 10.1 Å². The van der Waals surface area contributed by atoms with E-state index < -0.39 is 5.91 Å². The first-order valence-corrected chi connectivity index (χ1v) is 6.46.